The number of nitrogens with one attached hydrogen (secondary N) is 1. The lowest BCUT2D eigenvalue weighted by molar-refractivity contribution is -0.107. The largest absolute Gasteiger partial charge is 0.382 e. The van der Waals surface area contributed by atoms with Crippen LogP contribution in [-0.2, 0) is 11.3 Å². The van der Waals surface area contributed by atoms with E-state index in [1.54, 1.807) is 19.2 Å². The molecule has 0 unspecified atom stereocenters. The summed E-state index contributed by atoms with van der Waals surface area (Å²) in [7, 11) is 1.70. The minimum Gasteiger partial charge on any atom is -0.382 e. The summed E-state index contributed by atoms with van der Waals surface area (Å²) in [5, 5.41) is 3.55. The first-order chi connectivity index (χ1) is 9.65. The molecule has 0 aliphatic rings. The van der Waals surface area contributed by atoms with E-state index < -0.39 is 0 Å². The normalized spacial score (nSPS) is 10.1. The summed E-state index contributed by atoms with van der Waals surface area (Å²) in [6.07, 6.45) is 2.03. The first-order valence-corrected chi connectivity index (χ1v) is 6.28. The molecule has 1 aromatic carbocycles. The van der Waals surface area contributed by atoms with Gasteiger partial charge in [-0.3, -0.25) is 9.69 Å². The van der Waals surface area contributed by atoms with Crippen molar-refractivity contribution in [2.24, 2.45) is 0 Å². The maximum atomic E-state index is 11.3. The molecule has 0 radical (unpaired) electrons. The van der Waals surface area contributed by atoms with Crippen molar-refractivity contribution in [2.45, 2.75) is 6.54 Å². The highest BCUT2D eigenvalue weighted by atomic mass is 35.5. The Morgan fingerprint density at radius 2 is 2.05 bits per heavy atom. The highest BCUT2D eigenvalue weighted by Crippen LogP contribution is 2.27. The number of carbonyl (C=O) groups is 1. The van der Waals surface area contributed by atoms with Crippen LogP contribution in [0.15, 0.2) is 30.6 Å². The topological polar surface area (TPSA) is 84.1 Å². The van der Waals surface area contributed by atoms with E-state index in [0.29, 0.717) is 35.3 Å². The van der Waals surface area contributed by atoms with Crippen LogP contribution in [0.3, 0.4) is 0 Å². The molecular weight excluding hydrogens is 278 g/mol. The number of halogens is 1. The van der Waals surface area contributed by atoms with Crippen LogP contribution in [0.4, 0.5) is 17.3 Å². The van der Waals surface area contributed by atoms with Crippen molar-refractivity contribution >= 4 is 35.3 Å². The third-order valence-corrected chi connectivity index (χ3v) is 3.02. The molecule has 1 amide bonds. The molecular formula is C13H14ClN5O. The van der Waals surface area contributed by atoms with E-state index in [4.69, 9.17) is 17.3 Å². The van der Waals surface area contributed by atoms with Gasteiger partial charge in [0.15, 0.2) is 11.6 Å². The second kappa shape index (κ2) is 6.21. The highest BCUT2D eigenvalue weighted by Gasteiger charge is 2.15. The standard InChI is InChI=1S/C13H14ClN5O/c1-16-11-12(15)17-7-18-13(11)19(8-20)6-9-2-4-10(14)5-3-9/h2-5,7-8,16H,6H2,1H3,(H2,15,17,18). The van der Waals surface area contributed by atoms with E-state index in [2.05, 4.69) is 15.3 Å². The van der Waals surface area contributed by atoms with E-state index in [1.807, 2.05) is 12.1 Å². The fourth-order valence-corrected chi connectivity index (χ4v) is 1.92. The Morgan fingerprint density at radius 3 is 2.65 bits per heavy atom. The van der Waals surface area contributed by atoms with E-state index in [0.717, 1.165) is 5.56 Å². The Balaban J connectivity index is 2.31. The molecule has 1 aromatic heterocycles. The van der Waals surface area contributed by atoms with E-state index in [-0.39, 0.29) is 0 Å². The molecule has 20 heavy (non-hydrogen) atoms. The Morgan fingerprint density at radius 1 is 1.35 bits per heavy atom. The Bertz CT molecular complexity index is 602. The van der Waals surface area contributed by atoms with Crippen molar-refractivity contribution in [3.05, 3.63) is 41.2 Å². The Labute approximate surface area is 121 Å². The number of amides is 1. The van der Waals surface area contributed by atoms with Crippen LogP contribution in [0.5, 0.6) is 0 Å². The Hall–Kier alpha value is -2.34. The zero-order valence-electron chi connectivity index (χ0n) is 10.9. The van der Waals surface area contributed by atoms with Gasteiger partial charge in [0.1, 0.15) is 12.0 Å². The summed E-state index contributed by atoms with van der Waals surface area (Å²) < 4.78 is 0. The van der Waals surface area contributed by atoms with Gasteiger partial charge >= 0.3 is 0 Å². The van der Waals surface area contributed by atoms with Crippen LogP contribution < -0.4 is 16.0 Å². The molecule has 0 aliphatic carbocycles. The quantitative estimate of drug-likeness (QED) is 0.822. The molecule has 3 N–H and O–H groups in total. The van der Waals surface area contributed by atoms with Gasteiger partial charge in [0, 0.05) is 12.1 Å². The maximum absolute atomic E-state index is 11.3. The summed E-state index contributed by atoms with van der Waals surface area (Å²) in [5.41, 5.74) is 7.22. The van der Waals surface area contributed by atoms with Gasteiger partial charge in [-0.05, 0) is 17.7 Å². The number of nitrogens with zero attached hydrogens (tertiary/aromatic N) is 3. The summed E-state index contributed by atoms with van der Waals surface area (Å²) >= 11 is 5.84. The lowest BCUT2D eigenvalue weighted by Crippen LogP contribution is -2.23. The molecule has 0 saturated carbocycles. The van der Waals surface area contributed by atoms with Crippen molar-refractivity contribution in [1.29, 1.82) is 0 Å². The molecule has 0 saturated heterocycles. The van der Waals surface area contributed by atoms with Gasteiger partial charge < -0.3 is 11.1 Å². The van der Waals surface area contributed by atoms with Gasteiger partial charge in [-0.2, -0.15) is 0 Å². The predicted molar refractivity (Wildman–Crippen MR) is 79.7 cm³/mol. The van der Waals surface area contributed by atoms with Crippen molar-refractivity contribution in [2.75, 3.05) is 23.0 Å². The van der Waals surface area contributed by atoms with Crippen LogP contribution in [0.1, 0.15) is 5.56 Å². The summed E-state index contributed by atoms with van der Waals surface area (Å²) in [5.74, 6) is 0.727. The highest BCUT2D eigenvalue weighted by molar-refractivity contribution is 6.30. The van der Waals surface area contributed by atoms with Crippen molar-refractivity contribution in [3.8, 4) is 0 Å². The number of benzene rings is 1. The molecule has 0 fully saturated rings. The SMILES string of the molecule is CNc1c(N)ncnc1N(C=O)Cc1ccc(Cl)cc1. The van der Waals surface area contributed by atoms with Crippen LogP contribution in [0.2, 0.25) is 5.02 Å². The summed E-state index contributed by atoms with van der Waals surface area (Å²) in [6, 6.07) is 7.24. The van der Waals surface area contributed by atoms with E-state index >= 15 is 0 Å². The monoisotopic (exact) mass is 291 g/mol. The predicted octanol–water partition coefficient (Wildman–Crippen LogP) is 1.92. The van der Waals surface area contributed by atoms with E-state index in [1.165, 1.54) is 11.2 Å². The number of nitrogen functional groups attached to an aromatic ring is 1. The first-order valence-electron chi connectivity index (χ1n) is 5.90. The van der Waals surface area contributed by atoms with Gasteiger partial charge in [-0.1, -0.05) is 23.7 Å². The molecule has 0 spiro atoms. The second-order valence-electron chi connectivity index (χ2n) is 4.07. The molecule has 2 rings (SSSR count). The number of hydrogen-bond acceptors (Lipinski definition) is 5. The van der Waals surface area contributed by atoms with Gasteiger partial charge in [0.25, 0.3) is 0 Å². The summed E-state index contributed by atoms with van der Waals surface area (Å²) in [6.45, 7) is 0.367. The fraction of sp³-hybridized carbons (Fsp3) is 0.154. The van der Waals surface area contributed by atoms with Crippen molar-refractivity contribution in [1.82, 2.24) is 9.97 Å². The molecule has 1 heterocycles. The molecule has 0 bridgehead atoms. The van der Waals surface area contributed by atoms with Crippen molar-refractivity contribution in [3.63, 3.8) is 0 Å². The van der Waals surface area contributed by atoms with Crippen LogP contribution in [0, 0.1) is 0 Å². The van der Waals surface area contributed by atoms with Gasteiger partial charge in [-0.15, -0.1) is 0 Å². The minimum atomic E-state index is 0.292. The number of rotatable bonds is 5. The average Bonchev–Trinajstić information content (AvgIpc) is 2.46. The maximum Gasteiger partial charge on any atom is 0.215 e. The third kappa shape index (κ3) is 2.97. The number of anilines is 3. The Kier molecular flexibility index (Phi) is 4.37. The van der Waals surface area contributed by atoms with Gasteiger partial charge in [0.2, 0.25) is 6.41 Å². The zero-order chi connectivity index (χ0) is 14.5. The number of aromatic nitrogens is 2. The molecule has 6 nitrogen and oxygen atoms in total. The second-order valence-corrected chi connectivity index (χ2v) is 4.50. The average molecular weight is 292 g/mol. The number of carbonyl (C=O) groups excluding carboxylic acids is 1. The number of hydrogen-bond donors (Lipinski definition) is 2. The molecule has 7 heteroatoms. The molecule has 0 aliphatic heterocycles. The molecule has 2 aromatic rings. The van der Waals surface area contributed by atoms with Crippen LogP contribution in [0.25, 0.3) is 0 Å². The lowest BCUT2D eigenvalue weighted by atomic mass is 10.2. The summed E-state index contributed by atoms with van der Waals surface area (Å²) in [4.78, 5) is 20.8. The van der Waals surface area contributed by atoms with Gasteiger partial charge in [0.05, 0.1) is 6.54 Å². The van der Waals surface area contributed by atoms with E-state index in [9.17, 15) is 4.79 Å². The van der Waals surface area contributed by atoms with Crippen molar-refractivity contribution < 1.29 is 4.79 Å². The first kappa shape index (κ1) is 14.1. The number of nitrogens with two attached hydrogens (primary N) is 1. The molecule has 104 valence electrons. The van der Waals surface area contributed by atoms with Gasteiger partial charge in [-0.25, -0.2) is 9.97 Å². The van der Waals surface area contributed by atoms with Crippen LogP contribution in [-0.4, -0.2) is 23.4 Å². The third-order valence-electron chi connectivity index (χ3n) is 2.77. The fourth-order valence-electron chi connectivity index (χ4n) is 1.80. The lowest BCUT2D eigenvalue weighted by Gasteiger charge is -2.19. The minimum absolute atomic E-state index is 0.292. The van der Waals surface area contributed by atoms with Crippen LogP contribution >= 0.6 is 11.6 Å². The molecule has 0 atom stereocenters. The smallest absolute Gasteiger partial charge is 0.215 e. The zero-order valence-corrected chi connectivity index (χ0v) is 11.6.